The third kappa shape index (κ3) is 3.12. The molecule has 0 bridgehead atoms. The Hall–Kier alpha value is -1.61. The Morgan fingerprint density at radius 1 is 0.964 bits per heavy atom. The molecule has 2 saturated carbocycles. The van der Waals surface area contributed by atoms with Gasteiger partial charge in [-0.15, -0.1) is 0 Å². The van der Waals surface area contributed by atoms with Crippen LogP contribution in [0.3, 0.4) is 0 Å². The quantitative estimate of drug-likeness (QED) is 0.698. The van der Waals surface area contributed by atoms with E-state index < -0.39 is 28.3 Å². The minimum absolute atomic E-state index is 0.0473. The van der Waals surface area contributed by atoms with Crippen molar-refractivity contribution in [2.24, 2.45) is 17.8 Å². The molecule has 0 aromatic carbocycles. The molecule has 8 atom stereocenters. The highest BCUT2D eigenvalue weighted by Gasteiger charge is 2.66. The third-order valence-corrected chi connectivity index (χ3v) is 8.22. The van der Waals surface area contributed by atoms with Gasteiger partial charge in [0.1, 0.15) is 11.7 Å². The smallest absolute Gasteiger partial charge is 0.255 e. The third-order valence-electron chi connectivity index (χ3n) is 8.22. The molecule has 1 N–H and O–H groups in total. The first-order chi connectivity index (χ1) is 12.9. The van der Waals surface area contributed by atoms with Gasteiger partial charge in [-0.3, -0.25) is 0 Å². The van der Waals surface area contributed by atoms with E-state index in [9.17, 15) is 5.11 Å². The Labute approximate surface area is 169 Å². The molecule has 0 radical (unpaired) electrons. The second-order valence-electron chi connectivity index (χ2n) is 10.5. The Kier molecular flexibility index (Phi) is 5.07. The van der Waals surface area contributed by atoms with E-state index in [2.05, 4.69) is 21.5 Å². The number of aliphatic hydroxyl groups is 1. The van der Waals surface area contributed by atoms with Crippen LogP contribution in [0.4, 0.5) is 0 Å². The van der Waals surface area contributed by atoms with E-state index in [1.807, 2.05) is 20.8 Å². The first kappa shape index (κ1) is 21.1. The fraction of sp³-hybridized carbons (Fsp3) is 0.870. The molecule has 5 heteroatoms. The summed E-state index contributed by atoms with van der Waals surface area (Å²) in [5.41, 5.74) is -2.46. The van der Waals surface area contributed by atoms with Gasteiger partial charge >= 0.3 is 0 Å². The minimum Gasteiger partial charge on any atom is -0.382 e. The molecule has 0 spiro atoms. The number of nitrogens with zero attached hydrogens (tertiary/aromatic N) is 3. The van der Waals surface area contributed by atoms with Crippen LogP contribution in [0.5, 0.6) is 0 Å². The van der Waals surface area contributed by atoms with Gasteiger partial charge in [-0.05, 0) is 51.9 Å². The monoisotopic (exact) mass is 383 g/mol. The maximum Gasteiger partial charge on any atom is 0.255 e. The maximum atomic E-state index is 11.0. The zero-order chi connectivity index (χ0) is 21.0. The van der Waals surface area contributed by atoms with Crippen molar-refractivity contribution >= 4 is 0 Å². The van der Waals surface area contributed by atoms with Gasteiger partial charge in [-0.1, -0.05) is 0 Å². The van der Waals surface area contributed by atoms with Gasteiger partial charge in [0.25, 0.3) is 11.6 Å². The molecular weight excluding hydrogens is 350 g/mol. The fourth-order valence-corrected chi connectivity index (χ4v) is 6.25. The number of hydrogen-bond donors (Lipinski definition) is 1. The van der Waals surface area contributed by atoms with Crippen molar-refractivity contribution in [1.82, 2.24) is 0 Å². The highest BCUT2D eigenvalue weighted by Crippen LogP contribution is 2.58. The van der Waals surface area contributed by atoms with E-state index >= 15 is 0 Å². The van der Waals surface area contributed by atoms with Crippen molar-refractivity contribution in [3.05, 3.63) is 34.3 Å². The Morgan fingerprint density at radius 3 is 2.18 bits per heavy atom. The van der Waals surface area contributed by atoms with Gasteiger partial charge in [0.05, 0.1) is 11.5 Å². The second-order valence-corrected chi connectivity index (χ2v) is 10.5. The highest BCUT2D eigenvalue weighted by atomic mass is 16.5. The standard InChI is InChI=1S/C23H33N3O2/c1-20(2,25-7)17-11-14-23(5,28-17)16-9-12-21(3,26-8)15-10-13-22(4,27)19(24-6)18(15)16/h15-19,27H,9-14H2,1-5H3/t15-,16-,17?,18-,19+,21-,22+,23?/m1/s1. The maximum absolute atomic E-state index is 11.0. The summed E-state index contributed by atoms with van der Waals surface area (Å²) in [4.78, 5) is 11.7. The molecule has 3 aliphatic rings. The molecule has 3 fully saturated rings. The lowest BCUT2D eigenvalue weighted by Crippen LogP contribution is -2.61. The molecule has 2 aliphatic carbocycles. The van der Waals surface area contributed by atoms with Crippen LogP contribution in [-0.4, -0.2) is 39.5 Å². The van der Waals surface area contributed by atoms with Crippen molar-refractivity contribution in [2.75, 3.05) is 0 Å². The van der Waals surface area contributed by atoms with Crippen LogP contribution in [0.2, 0.25) is 0 Å². The van der Waals surface area contributed by atoms with Crippen molar-refractivity contribution in [2.45, 2.75) is 108 Å². The largest absolute Gasteiger partial charge is 0.382 e. The van der Waals surface area contributed by atoms with Crippen LogP contribution in [0.1, 0.15) is 73.1 Å². The second kappa shape index (κ2) is 6.73. The molecule has 0 aromatic rings. The number of hydrogen-bond acceptors (Lipinski definition) is 2. The highest BCUT2D eigenvalue weighted by molar-refractivity contribution is 5.19. The Balaban J connectivity index is 1.99. The average molecular weight is 384 g/mol. The van der Waals surface area contributed by atoms with E-state index in [1.165, 1.54) is 0 Å². The van der Waals surface area contributed by atoms with Crippen LogP contribution in [0.25, 0.3) is 14.5 Å². The molecule has 5 nitrogen and oxygen atoms in total. The molecule has 1 aliphatic heterocycles. The zero-order valence-corrected chi connectivity index (χ0v) is 17.8. The summed E-state index contributed by atoms with van der Waals surface area (Å²) in [6.45, 7) is 33.0. The fourth-order valence-electron chi connectivity index (χ4n) is 6.25. The molecule has 0 aromatic heterocycles. The summed E-state index contributed by atoms with van der Waals surface area (Å²) in [6.07, 6.45) is 4.61. The zero-order valence-electron chi connectivity index (χ0n) is 17.8. The molecule has 1 saturated heterocycles. The molecule has 152 valence electrons. The Morgan fingerprint density at radius 2 is 1.61 bits per heavy atom. The van der Waals surface area contributed by atoms with Crippen LogP contribution in [0, 0.1) is 37.5 Å². The molecule has 0 amide bonds. The van der Waals surface area contributed by atoms with E-state index in [1.54, 1.807) is 6.92 Å². The van der Waals surface area contributed by atoms with E-state index in [0.717, 1.165) is 32.1 Å². The molecule has 3 rings (SSSR count). The normalized spacial score (nSPS) is 48.8. The van der Waals surface area contributed by atoms with Gasteiger partial charge < -0.3 is 24.4 Å². The van der Waals surface area contributed by atoms with Gasteiger partial charge in [-0.2, -0.15) is 0 Å². The summed E-state index contributed by atoms with van der Waals surface area (Å²) in [7, 11) is 0. The lowest BCUT2D eigenvalue weighted by atomic mass is 9.51. The predicted octanol–water partition coefficient (Wildman–Crippen LogP) is 4.78. The van der Waals surface area contributed by atoms with Gasteiger partial charge in [0.15, 0.2) is 0 Å². The minimum atomic E-state index is -1.02. The van der Waals surface area contributed by atoms with Crippen LogP contribution in [-0.2, 0) is 4.74 Å². The van der Waals surface area contributed by atoms with Crippen LogP contribution >= 0.6 is 0 Å². The van der Waals surface area contributed by atoms with Crippen LogP contribution < -0.4 is 0 Å². The van der Waals surface area contributed by atoms with Gasteiger partial charge in [0, 0.05) is 33.1 Å². The van der Waals surface area contributed by atoms with Crippen molar-refractivity contribution < 1.29 is 9.84 Å². The van der Waals surface area contributed by atoms with Gasteiger partial charge in [-0.25, -0.2) is 19.7 Å². The number of rotatable bonds is 2. The predicted molar refractivity (Wildman–Crippen MR) is 108 cm³/mol. The first-order valence-corrected chi connectivity index (χ1v) is 10.5. The molecule has 2 unspecified atom stereocenters. The van der Waals surface area contributed by atoms with Crippen molar-refractivity contribution in [1.29, 1.82) is 0 Å². The SMILES string of the molecule is [C-]#[N+][C@H]1[C@H]2[C@H](C3(C)CCC(C(C)(C)[N+]#[C-])O3)CC[C@@](C)([N+]#[C-])[C@@H]2CC[C@]1(C)O. The van der Waals surface area contributed by atoms with Crippen LogP contribution in [0.15, 0.2) is 0 Å². The number of fused-ring (bicyclic) bond motifs is 1. The number of ether oxygens (including phenoxy) is 1. The average Bonchev–Trinajstić information content (AvgIpc) is 3.05. The summed E-state index contributed by atoms with van der Waals surface area (Å²) in [5.74, 6) is 0.190. The van der Waals surface area contributed by atoms with E-state index in [-0.39, 0.29) is 23.9 Å². The van der Waals surface area contributed by atoms with Crippen molar-refractivity contribution in [3.63, 3.8) is 0 Å². The summed E-state index contributed by atoms with van der Waals surface area (Å²) < 4.78 is 6.58. The van der Waals surface area contributed by atoms with E-state index in [4.69, 9.17) is 24.5 Å². The summed E-state index contributed by atoms with van der Waals surface area (Å²) in [5, 5.41) is 11.0. The summed E-state index contributed by atoms with van der Waals surface area (Å²) in [6, 6.07) is -0.508. The Bertz CT molecular complexity index is 755. The molecular formula is C23H33N3O2. The lowest BCUT2D eigenvalue weighted by molar-refractivity contribution is -0.147. The lowest BCUT2D eigenvalue weighted by Gasteiger charge is -2.53. The van der Waals surface area contributed by atoms with Gasteiger partial charge in [0.2, 0.25) is 5.54 Å². The van der Waals surface area contributed by atoms with Crippen molar-refractivity contribution in [3.8, 4) is 0 Å². The summed E-state index contributed by atoms with van der Waals surface area (Å²) >= 11 is 0. The first-order valence-electron chi connectivity index (χ1n) is 10.5. The van der Waals surface area contributed by atoms with E-state index in [0.29, 0.717) is 6.42 Å². The molecule has 28 heavy (non-hydrogen) atoms. The topological polar surface area (TPSA) is 42.5 Å². The molecule has 1 heterocycles.